The number of aromatic nitrogens is 2. The summed E-state index contributed by atoms with van der Waals surface area (Å²) < 4.78 is 3.10. The van der Waals surface area contributed by atoms with Gasteiger partial charge in [-0.15, -0.1) is 11.6 Å². The summed E-state index contributed by atoms with van der Waals surface area (Å²) >= 11 is 9.59. The molecule has 0 unspecified atom stereocenters. The molecule has 0 bridgehead atoms. The highest BCUT2D eigenvalue weighted by molar-refractivity contribution is 9.10. The molecule has 0 aliphatic carbocycles. The lowest BCUT2D eigenvalue weighted by molar-refractivity contribution is 0.776. The minimum atomic E-state index is 0.310. The van der Waals surface area contributed by atoms with Crippen LogP contribution in [0.15, 0.2) is 46.9 Å². The molecule has 0 fully saturated rings. The van der Waals surface area contributed by atoms with Gasteiger partial charge in [0, 0.05) is 4.47 Å². The molecule has 0 radical (unpaired) electrons. The first-order chi connectivity index (χ1) is 10.2. The van der Waals surface area contributed by atoms with Crippen LogP contribution in [0.4, 0.5) is 0 Å². The molecule has 0 atom stereocenters. The Labute approximate surface area is 135 Å². The van der Waals surface area contributed by atoms with Crippen LogP contribution in [0.25, 0.3) is 11.0 Å². The zero-order valence-corrected chi connectivity index (χ0v) is 13.4. The molecule has 1 aromatic heterocycles. The molecular formula is C16H11BrClN3. The van der Waals surface area contributed by atoms with Crippen molar-refractivity contribution in [2.24, 2.45) is 0 Å². The van der Waals surface area contributed by atoms with E-state index in [0.29, 0.717) is 23.5 Å². The molecule has 0 amide bonds. The lowest BCUT2D eigenvalue weighted by Crippen LogP contribution is -2.04. The van der Waals surface area contributed by atoms with Crippen LogP contribution in [0.1, 0.15) is 17.0 Å². The Bertz CT molecular complexity index is 848. The van der Waals surface area contributed by atoms with Crippen LogP contribution >= 0.6 is 27.5 Å². The molecule has 1 heterocycles. The molecule has 21 heavy (non-hydrogen) atoms. The van der Waals surface area contributed by atoms with E-state index in [1.807, 2.05) is 30.3 Å². The third kappa shape index (κ3) is 2.55. The van der Waals surface area contributed by atoms with Crippen LogP contribution in [0.3, 0.4) is 0 Å². The van der Waals surface area contributed by atoms with Gasteiger partial charge in [-0.05, 0) is 23.8 Å². The number of imidazole rings is 1. The molecular weight excluding hydrogens is 350 g/mol. The van der Waals surface area contributed by atoms with Crippen LogP contribution in [-0.2, 0) is 12.4 Å². The summed E-state index contributed by atoms with van der Waals surface area (Å²) in [5.41, 5.74) is 3.36. The molecule has 3 aromatic rings. The quantitative estimate of drug-likeness (QED) is 0.647. The summed E-state index contributed by atoms with van der Waals surface area (Å²) in [4.78, 5) is 4.52. The number of fused-ring (bicyclic) bond motifs is 1. The summed E-state index contributed by atoms with van der Waals surface area (Å²) in [6, 6.07) is 15.8. The second-order valence-corrected chi connectivity index (χ2v) is 5.75. The zero-order chi connectivity index (χ0) is 14.8. The van der Waals surface area contributed by atoms with Crippen molar-refractivity contribution in [1.82, 2.24) is 9.55 Å². The number of nitrogens with zero attached hydrogens (tertiary/aromatic N) is 3. The van der Waals surface area contributed by atoms with Gasteiger partial charge in [0.15, 0.2) is 0 Å². The third-order valence-corrected chi connectivity index (χ3v) is 4.40. The van der Waals surface area contributed by atoms with Crippen molar-refractivity contribution in [3.8, 4) is 6.07 Å². The maximum atomic E-state index is 9.20. The summed E-state index contributed by atoms with van der Waals surface area (Å²) in [6.07, 6.45) is 0. The first kappa shape index (κ1) is 14.1. The van der Waals surface area contributed by atoms with Gasteiger partial charge in [-0.2, -0.15) is 5.26 Å². The van der Waals surface area contributed by atoms with E-state index in [-0.39, 0.29) is 0 Å². The van der Waals surface area contributed by atoms with Crippen molar-refractivity contribution < 1.29 is 0 Å². The highest BCUT2D eigenvalue weighted by atomic mass is 79.9. The smallest absolute Gasteiger partial charge is 0.125 e. The average molecular weight is 361 g/mol. The van der Waals surface area contributed by atoms with Crippen molar-refractivity contribution in [2.75, 3.05) is 0 Å². The van der Waals surface area contributed by atoms with Crippen molar-refractivity contribution in [1.29, 1.82) is 5.26 Å². The van der Waals surface area contributed by atoms with Gasteiger partial charge in [0.2, 0.25) is 0 Å². The van der Waals surface area contributed by atoms with E-state index < -0.39 is 0 Å². The van der Waals surface area contributed by atoms with Crippen LogP contribution in [0, 0.1) is 11.3 Å². The van der Waals surface area contributed by atoms with Crippen LogP contribution in [0.5, 0.6) is 0 Å². The molecule has 0 aliphatic rings. The predicted molar refractivity (Wildman–Crippen MR) is 87.2 cm³/mol. The highest BCUT2D eigenvalue weighted by Gasteiger charge is 2.13. The summed E-state index contributed by atoms with van der Waals surface area (Å²) in [7, 11) is 0. The number of benzene rings is 2. The molecule has 0 saturated carbocycles. The van der Waals surface area contributed by atoms with Gasteiger partial charge in [0.1, 0.15) is 17.4 Å². The minimum Gasteiger partial charge on any atom is -0.322 e. The van der Waals surface area contributed by atoms with Gasteiger partial charge < -0.3 is 4.57 Å². The predicted octanol–water partition coefficient (Wildman–Crippen LogP) is 4.46. The molecule has 0 saturated heterocycles. The van der Waals surface area contributed by atoms with E-state index in [9.17, 15) is 5.26 Å². The number of hydrogen-bond donors (Lipinski definition) is 0. The molecule has 3 nitrogen and oxygen atoms in total. The van der Waals surface area contributed by atoms with Crippen molar-refractivity contribution >= 4 is 38.6 Å². The molecule has 0 N–H and O–H groups in total. The molecule has 5 heteroatoms. The first-order valence-corrected chi connectivity index (χ1v) is 7.75. The SMILES string of the molecule is N#Cc1cccc2c1nc(CCl)n2Cc1ccccc1Br. The number of nitriles is 1. The van der Waals surface area contributed by atoms with Crippen molar-refractivity contribution in [3.05, 3.63) is 63.9 Å². The lowest BCUT2D eigenvalue weighted by Gasteiger charge is -2.09. The molecule has 0 aliphatic heterocycles. The standard InChI is InChI=1S/C16H11BrClN3/c17-13-6-2-1-4-12(13)10-21-14-7-3-5-11(9-19)16(14)20-15(21)8-18/h1-7H,8,10H2. The second-order valence-electron chi connectivity index (χ2n) is 4.62. The minimum absolute atomic E-state index is 0.310. The number of alkyl halides is 1. The fourth-order valence-corrected chi connectivity index (χ4v) is 2.97. The monoisotopic (exact) mass is 359 g/mol. The van der Waals surface area contributed by atoms with Crippen molar-refractivity contribution in [3.63, 3.8) is 0 Å². The van der Waals surface area contributed by atoms with Crippen molar-refractivity contribution in [2.45, 2.75) is 12.4 Å². The molecule has 3 rings (SSSR count). The number of halogens is 2. The topological polar surface area (TPSA) is 41.6 Å². The van der Waals surface area contributed by atoms with E-state index in [0.717, 1.165) is 21.4 Å². The largest absolute Gasteiger partial charge is 0.322 e. The fraction of sp³-hybridized carbons (Fsp3) is 0.125. The first-order valence-electron chi connectivity index (χ1n) is 6.42. The highest BCUT2D eigenvalue weighted by Crippen LogP contribution is 2.24. The third-order valence-electron chi connectivity index (χ3n) is 3.38. The van der Waals surface area contributed by atoms with E-state index in [4.69, 9.17) is 11.6 Å². The number of rotatable bonds is 3. The Balaban J connectivity index is 2.18. The molecule has 0 spiro atoms. The van der Waals surface area contributed by atoms with E-state index in [1.54, 1.807) is 6.07 Å². The Morgan fingerprint density at radius 2 is 2.00 bits per heavy atom. The summed E-state index contributed by atoms with van der Waals surface area (Å²) in [5.74, 6) is 1.08. The fourth-order valence-electron chi connectivity index (χ4n) is 2.36. The number of hydrogen-bond acceptors (Lipinski definition) is 2. The summed E-state index contributed by atoms with van der Waals surface area (Å²) in [5, 5.41) is 9.20. The van der Waals surface area contributed by atoms with E-state index in [1.165, 1.54) is 0 Å². The van der Waals surface area contributed by atoms with Gasteiger partial charge in [-0.3, -0.25) is 0 Å². The van der Waals surface area contributed by atoms with E-state index >= 15 is 0 Å². The Kier molecular flexibility index (Phi) is 3.96. The molecule has 2 aromatic carbocycles. The van der Waals surface area contributed by atoms with Crippen LogP contribution in [0.2, 0.25) is 0 Å². The Morgan fingerprint density at radius 1 is 1.19 bits per heavy atom. The van der Waals surface area contributed by atoms with Gasteiger partial charge in [0.25, 0.3) is 0 Å². The second kappa shape index (κ2) is 5.88. The van der Waals surface area contributed by atoms with Gasteiger partial charge in [0.05, 0.1) is 23.5 Å². The Morgan fingerprint density at radius 3 is 2.71 bits per heavy atom. The maximum Gasteiger partial charge on any atom is 0.125 e. The van der Waals surface area contributed by atoms with Crippen LogP contribution in [-0.4, -0.2) is 9.55 Å². The van der Waals surface area contributed by atoms with Gasteiger partial charge in [-0.25, -0.2) is 4.98 Å². The normalized spacial score (nSPS) is 10.7. The zero-order valence-electron chi connectivity index (χ0n) is 11.1. The number of para-hydroxylation sites is 1. The Hall–Kier alpha value is -1.83. The van der Waals surface area contributed by atoms with Crippen LogP contribution < -0.4 is 0 Å². The van der Waals surface area contributed by atoms with Gasteiger partial charge in [-0.1, -0.05) is 40.2 Å². The molecule has 104 valence electrons. The lowest BCUT2D eigenvalue weighted by atomic mass is 10.2. The van der Waals surface area contributed by atoms with E-state index in [2.05, 4.69) is 37.6 Å². The summed E-state index contributed by atoms with van der Waals surface area (Å²) in [6.45, 7) is 0.662. The average Bonchev–Trinajstić information content (AvgIpc) is 2.87. The maximum absolute atomic E-state index is 9.20. The van der Waals surface area contributed by atoms with Gasteiger partial charge >= 0.3 is 0 Å².